The Balaban J connectivity index is 1.36. The summed E-state index contributed by atoms with van der Waals surface area (Å²) >= 11 is 3.61. The van der Waals surface area contributed by atoms with Crippen LogP contribution >= 0.6 is 33.9 Å². The number of nitrogens with zero attached hydrogens (tertiary/aromatic N) is 2. The molecule has 0 spiro atoms. The molecule has 0 saturated carbocycles. The predicted octanol–water partition coefficient (Wildman–Crippen LogP) is 5.96. The van der Waals surface area contributed by atoms with Crippen LogP contribution in [0.4, 0.5) is 0 Å². The van der Waals surface area contributed by atoms with Gasteiger partial charge in [-0.3, -0.25) is 4.79 Å². The van der Waals surface area contributed by atoms with Gasteiger partial charge in [-0.1, -0.05) is 49.4 Å². The third-order valence-electron chi connectivity index (χ3n) is 6.07. The lowest BCUT2D eigenvalue weighted by molar-refractivity contribution is 0.208. The molecule has 0 aliphatic rings. The molecule has 0 radical (unpaired) electrons. The summed E-state index contributed by atoms with van der Waals surface area (Å²) in [5, 5.41) is 0. The fourth-order valence-corrected chi connectivity index (χ4v) is 6.03. The van der Waals surface area contributed by atoms with Crippen LogP contribution in [0.5, 0.6) is 17.2 Å². The summed E-state index contributed by atoms with van der Waals surface area (Å²) in [6.45, 7) is 7.17. The number of hydrogen-bond acceptors (Lipinski definition) is 6. The fraction of sp³-hybridized carbons (Fsp3) is 0.241. The summed E-state index contributed by atoms with van der Waals surface area (Å²) in [6.07, 6.45) is 1.87. The summed E-state index contributed by atoms with van der Waals surface area (Å²) in [4.78, 5) is 18.4. The summed E-state index contributed by atoms with van der Waals surface area (Å²) < 4.78 is 21.0. The van der Waals surface area contributed by atoms with Crippen LogP contribution < -0.4 is 24.3 Å². The first-order chi connectivity index (χ1) is 17.9. The van der Waals surface area contributed by atoms with E-state index in [1.54, 1.807) is 11.5 Å². The summed E-state index contributed by atoms with van der Waals surface area (Å²) in [7, 11) is 1.62. The minimum Gasteiger partial charge on any atom is -0.493 e. The molecule has 0 unspecified atom stereocenters. The molecule has 0 aliphatic heterocycles. The number of ether oxygens (including phenoxy) is 3. The van der Waals surface area contributed by atoms with Gasteiger partial charge in [0.05, 0.1) is 26.2 Å². The van der Waals surface area contributed by atoms with Gasteiger partial charge < -0.3 is 14.2 Å². The van der Waals surface area contributed by atoms with Gasteiger partial charge in [0.15, 0.2) is 16.5 Å². The van der Waals surface area contributed by atoms with E-state index >= 15 is 0 Å². The molecule has 5 aromatic rings. The van der Waals surface area contributed by atoms with Gasteiger partial charge in [0.25, 0.3) is 5.56 Å². The molecular formula is C29H27IN2O4S. The highest BCUT2D eigenvalue weighted by molar-refractivity contribution is 14.1. The fourth-order valence-electron chi connectivity index (χ4n) is 4.27. The van der Waals surface area contributed by atoms with Crippen LogP contribution in [0.15, 0.2) is 59.4 Å². The van der Waals surface area contributed by atoms with Crippen molar-refractivity contribution in [3.05, 3.63) is 89.7 Å². The molecule has 37 heavy (non-hydrogen) atoms. The second-order valence-electron chi connectivity index (χ2n) is 9.06. The largest absolute Gasteiger partial charge is 0.493 e. The third-order valence-corrected chi connectivity index (χ3v) is 7.84. The van der Waals surface area contributed by atoms with Gasteiger partial charge in [-0.15, -0.1) is 0 Å². The molecule has 2 heterocycles. The second-order valence-corrected chi connectivity index (χ2v) is 11.2. The minimum atomic E-state index is -0.0722. The number of para-hydroxylation sites is 2. The molecule has 190 valence electrons. The van der Waals surface area contributed by atoms with Crippen molar-refractivity contribution in [2.24, 2.45) is 0 Å². The second kappa shape index (κ2) is 10.7. The average Bonchev–Trinajstić information content (AvgIpc) is 3.38. The normalized spacial score (nSPS) is 12.1. The Labute approximate surface area is 232 Å². The van der Waals surface area contributed by atoms with Crippen molar-refractivity contribution in [3.63, 3.8) is 0 Å². The van der Waals surface area contributed by atoms with Gasteiger partial charge in [0, 0.05) is 0 Å². The maximum atomic E-state index is 13.1. The molecule has 3 aromatic carbocycles. The predicted molar refractivity (Wildman–Crippen MR) is 158 cm³/mol. The number of fused-ring (bicyclic) bond motifs is 3. The molecule has 8 heteroatoms. The number of benzene rings is 3. The highest BCUT2D eigenvalue weighted by Gasteiger charge is 2.14. The van der Waals surface area contributed by atoms with Crippen LogP contribution in [0.25, 0.3) is 22.1 Å². The highest BCUT2D eigenvalue weighted by Crippen LogP contribution is 2.34. The van der Waals surface area contributed by atoms with Gasteiger partial charge in [-0.2, -0.15) is 0 Å². The van der Waals surface area contributed by atoms with E-state index in [1.807, 2.05) is 42.5 Å². The Morgan fingerprint density at radius 2 is 1.84 bits per heavy atom. The van der Waals surface area contributed by atoms with Crippen LogP contribution in [0.1, 0.15) is 36.5 Å². The number of methoxy groups -OCH3 is 1. The van der Waals surface area contributed by atoms with E-state index in [0.717, 1.165) is 31.5 Å². The van der Waals surface area contributed by atoms with Crippen molar-refractivity contribution in [3.8, 4) is 17.2 Å². The van der Waals surface area contributed by atoms with Gasteiger partial charge in [-0.05, 0) is 88.5 Å². The first-order valence-corrected chi connectivity index (χ1v) is 13.9. The van der Waals surface area contributed by atoms with E-state index in [2.05, 4.69) is 66.5 Å². The Kier molecular flexibility index (Phi) is 7.39. The lowest BCUT2D eigenvalue weighted by Crippen LogP contribution is -2.22. The zero-order valence-electron chi connectivity index (χ0n) is 21.1. The number of halogens is 1. The smallest absolute Gasteiger partial charge is 0.274 e. The van der Waals surface area contributed by atoms with Gasteiger partial charge in [-0.25, -0.2) is 9.38 Å². The zero-order chi connectivity index (χ0) is 26.1. The van der Waals surface area contributed by atoms with E-state index < -0.39 is 0 Å². The molecule has 0 amide bonds. The zero-order valence-corrected chi connectivity index (χ0v) is 24.1. The van der Waals surface area contributed by atoms with Crippen LogP contribution in [-0.2, 0) is 0 Å². The monoisotopic (exact) mass is 626 g/mol. The first-order valence-electron chi connectivity index (χ1n) is 12.0. The molecule has 6 nitrogen and oxygen atoms in total. The van der Waals surface area contributed by atoms with Gasteiger partial charge >= 0.3 is 0 Å². The van der Waals surface area contributed by atoms with E-state index in [1.165, 1.54) is 16.9 Å². The third kappa shape index (κ3) is 5.17. The van der Waals surface area contributed by atoms with Crippen molar-refractivity contribution in [1.82, 2.24) is 9.38 Å². The van der Waals surface area contributed by atoms with Crippen LogP contribution in [0.3, 0.4) is 0 Å². The van der Waals surface area contributed by atoms with E-state index in [9.17, 15) is 4.79 Å². The van der Waals surface area contributed by atoms with Crippen molar-refractivity contribution in [1.29, 1.82) is 0 Å². The lowest BCUT2D eigenvalue weighted by atomic mass is 10.0. The number of hydrogen-bond donors (Lipinski definition) is 0. The summed E-state index contributed by atoms with van der Waals surface area (Å²) in [5.74, 6) is 2.54. The van der Waals surface area contributed by atoms with Crippen LogP contribution in [-0.4, -0.2) is 29.7 Å². The maximum Gasteiger partial charge on any atom is 0.274 e. The molecule has 5 rings (SSSR count). The number of imidazole rings is 1. The summed E-state index contributed by atoms with van der Waals surface area (Å²) in [6, 6.07) is 17.8. The van der Waals surface area contributed by atoms with E-state index in [-0.39, 0.29) is 5.56 Å². The summed E-state index contributed by atoms with van der Waals surface area (Å²) in [5.41, 5.74) is 4.78. The number of aromatic nitrogens is 2. The Hall–Kier alpha value is -3.11. The molecule has 0 fully saturated rings. The van der Waals surface area contributed by atoms with E-state index in [0.29, 0.717) is 40.1 Å². The van der Waals surface area contributed by atoms with Gasteiger partial charge in [0.2, 0.25) is 0 Å². The number of aryl methyl sites for hydroxylation is 1. The van der Waals surface area contributed by atoms with Gasteiger partial charge in [0.1, 0.15) is 19.0 Å². The van der Waals surface area contributed by atoms with Crippen LogP contribution in [0.2, 0.25) is 0 Å². The maximum absolute atomic E-state index is 13.1. The minimum absolute atomic E-state index is 0.0722. The van der Waals surface area contributed by atoms with Crippen LogP contribution in [0, 0.1) is 10.5 Å². The lowest BCUT2D eigenvalue weighted by Gasteiger charge is -2.16. The van der Waals surface area contributed by atoms with Crippen molar-refractivity contribution in [2.45, 2.75) is 26.7 Å². The average molecular weight is 627 g/mol. The SMILES string of the molecule is COc1cc(/C=c2\sc3nc4ccccc4n3c2=O)cc(I)c1OCCOc1cc(C)ccc1C(C)C. The van der Waals surface area contributed by atoms with E-state index in [4.69, 9.17) is 14.2 Å². The highest BCUT2D eigenvalue weighted by atomic mass is 127. The molecule has 0 bridgehead atoms. The Morgan fingerprint density at radius 1 is 1.05 bits per heavy atom. The molecular weight excluding hydrogens is 599 g/mol. The molecule has 0 saturated heterocycles. The first kappa shape index (κ1) is 25.5. The molecule has 0 aliphatic carbocycles. The molecule has 0 N–H and O–H groups in total. The number of thiazole rings is 1. The number of rotatable bonds is 8. The van der Waals surface area contributed by atoms with Crippen molar-refractivity contribution < 1.29 is 14.2 Å². The van der Waals surface area contributed by atoms with Crippen molar-refractivity contribution >= 4 is 56.0 Å². The molecule has 0 atom stereocenters. The quantitative estimate of drug-likeness (QED) is 0.157. The van der Waals surface area contributed by atoms with Crippen molar-refractivity contribution in [2.75, 3.05) is 20.3 Å². The topological polar surface area (TPSA) is 62.1 Å². The standard InChI is InChI=1S/C29H27IN2O4S/c1-17(2)20-10-9-18(3)13-24(20)35-11-12-36-27-21(30)14-19(15-25(27)34-4)16-26-28(33)32-23-8-6-5-7-22(23)31-29(32)37-26/h5-10,13-17H,11-12H2,1-4H3/b26-16-. The Morgan fingerprint density at radius 3 is 2.62 bits per heavy atom. The Bertz CT molecular complexity index is 1710. The molecule has 2 aromatic heterocycles.